The molecule has 0 radical (unpaired) electrons. The molecule has 6 heteroatoms. The van der Waals surface area contributed by atoms with Gasteiger partial charge in [-0.25, -0.2) is 4.98 Å². The van der Waals surface area contributed by atoms with Crippen molar-refractivity contribution in [3.05, 3.63) is 52.0 Å². The van der Waals surface area contributed by atoms with Gasteiger partial charge in [0.25, 0.3) is 0 Å². The molecule has 0 aliphatic heterocycles. The van der Waals surface area contributed by atoms with E-state index in [1.165, 1.54) is 12.8 Å². The molecule has 1 aromatic heterocycles. The van der Waals surface area contributed by atoms with Crippen LogP contribution in [0.5, 0.6) is 0 Å². The highest BCUT2D eigenvalue weighted by Crippen LogP contribution is 2.30. The second kappa shape index (κ2) is 7.58. The average molecular weight is 366 g/mol. The van der Waals surface area contributed by atoms with Crippen molar-refractivity contribution in [3.63, 3.8) is 0 Å². The minimum absolute atomic E-state index is 0.181. The van der Waals surface area contributed by atoms with Crippen LogP contribution in [-0.2, 0) is 17.9 Å². The van der Waals surface area contributed by atoms with Crippen LogP contribution in [-0.4, -0.2) is 26.9 Å². The number of imidazole rings is 1. The van der Waals surface area contributed by atoms with Crippen molar-refractivity contribution in [1.29, 1.82) is 0 Å². The standard InChI is InChI=1S/C18H21Cl2N3O/c1-2-18(24)23(10-13-3-4-13)12-17-21-7-8-22(17)11-14-5-6-15(19)9-16(14)20/h5-9,13H,2-4,10-12H2,1H3. The van der Waals surface area contributed by atoms with Crippen LogP contribution < -0.4 is 0 Å². The Morgan fingerprint density at radius 1 is 1.38 bits per heavy atom. The molecule has 1 amide bonds. The summed E-state index contributed by atoms with van der Waals surface area (Å²) in [6, 6.07) is 5.50. The molecule has 1 aromatic carbocycles. The summed E-state index contributed by atoms with van der Waals surface area (Å²) in [5, 5.41) is 1.26. The van der Waals surface area contributed by atoms with Crippen molar-refractivity contribution in [2.45, 2.75) is 39.3 Å². The van der Waals surface area contributed by atoms with Crippen molar-refractivity contribution >= 4 is 29.1 Å². The molecule has 2 aromatic rings. The van der Waals surface area contributed by atoms with E-state index in [1.54, 1.807) is 12.3 Å². The highest BCUT2D eigenvalue weighted by atomic mass is 35.5. The molecule has 0 saturated heterocycles. The van der Waals surface area contributed by atoms with Gasteiger partial charge in [0, 0.05) is 35.4 Å². The number of hydrogen-bond acceptors (Lipinski definition) is 2. The Balaban J connectivity index is 1.74. The van der Waals surface area contributed by atoms with Crippen molar-refractivity contribution in [1.82, 2.24) is 14.5 Å². The van der Waals surface area contributed by atoms with Gasteiger partial charge in [-0.3, -0.25) is 4.79 Å². The van der Waals surface area contributed by atoms with Crippen molar-refractivity contribution in [2.24, 2.45) is 5.92 Å². The molecule has 1 heterocycles. The normalized spacial score (nSPS) is 14.0. The number of carbonyl (C=O) groups excluding carboxylic acids is 1. The van der Waals surface area contributed by atoms with Crippen molar-refractivity contribution in [2.75, 3.05) is 6.54 Å². The summed E-state index contributed by atoms with van der Waals surface area (Å²) in [4.78, 5) is 18.6. The minimum atomic E-state index is 0.181. The van der Waals surface area contributed by atoms with Crippen LogP contribution in [0, 0.1) is 5.92 Å². The Morgan fingerprint density at radius 3 is 2.83 bits per heavy atom. The minimum Gasteiger partial charge on any atom is -0.335 e. The molecule has 1 aliphatic rings. The van der Waals surface area contributed by atoms with Crippen LogP contribution in [0.15, 0.2) is 30.6 Å². The van der Waals surface area contributed by atoms with Crippen LogP contribution in [0.4, 0.5) is 0 Å². The van der Waals surface area contributed by atoms with Crippen LogP contribution in [0.2, 0.25) is 10.0 Å². The number of amides is 1. The van der Waals surface area contributed by atoms with Gasteiger partial charge in [0.1, 0.15) is 5.82 Å². The summed E-state index contributed by atoms with van der Waals surface area (Å²) in [5.41, 5.74) is 0.982. The topological polar surface area (TPSA) is 38.1 Å². The van der Waals surface area contributed by atoms with E-state index in [0.717, 1.165) is 17.9 Å². The molecular weight excluding hydrogens is 345 g/mol. The Morgan fingerprint density at radius 2 is 2.17 bits per heavy atom. The number of aromatic nitrogens is 2. The molecule has 1 fully saturated rings. The van der Waals surface area contributed by atoms with E-state index in [4.69, 9.17) is 23.2 Å². The molecule has 0 N–H and O–H groups in total. The van der Waals surface area contributed by atoms with E-state index in [2.05, 4.69) is 4.98 Å². The first-order valence-corrected chi connectivity index (χ1v) is 9.04. The predicted octanol–water partition coefficient (Wildman–Crippen LogP) is 4.39. The lowest BCUT2D eigenvalue weighted by molar-refractivity contribution is -0.131. The highest BCUT2D eigenvalue weighted by molar-refractivity contribution is 6.35. The van der Waals surface area contributed by atoms with Gasteiger partial charge in [-0.2, -0.15) is 0 Å². The summed E-state index contributed by atoms with van der Waals surface area (Å²) in [7, 11) is 0. The van der Waals surface area contributed by atoms with Gasteiger partial charge in [0.2, 0.25) is 5.91 Å². The molecule has 4 nitrogen and oxygen atoms in total. The first-order chi connectivity index (χ1) is 11.6. The first kappa shape index (κ1) is 17.3. The fourth-order valence-electron chi connectivity index (χ4n) is 2.73. The highest BCUT2D eigenvalue weighted by Gasteiger charge is 2.27. The Hall–Kier alpha value is -1.52. The largest absolute Gasteiger partial charge is 0.335 e. The van der Waals surface area contributed by atoms with Crippen LogP contribution >= 0.6 is 23.2 Å². The van der Waals surface area contributed by atoms with E-state index in [1.807, 2.05) is 34.7 Å². The van der Waals surface area contributed by atoms with Crippen LogP contribution in [0.25, 0.3) is 0 Å². The van der Waals surface area contributed by atoms with Crippen molar-refractivity contribution < 1.29 is 4.79 Å². The maximum Gasteiger partial charge on any atom is 0.222 e. The van der Waals surface area contributed by atoms with E-state index in [9.17, 15) is 4.79 Å². The summed E-state index contributed by atoms with van der Waals surface area (Å²) < 4.78 is 2.04. The molecule has 128 valence electrons. The molecule has 0 bridgehead atoms. The third-order valence-electron chi connectivity index (χ3n) is 4.32. The molecule has 1 saturated carbocycles. The zero-order valence-electron chi connectivity index (χ0n) is 13.7. The molecule has 0 unspecified atom stereocenters. The molecule has 3 rings (SSSR count). The van der Waals surface area contributed by atoms with Gasteiger partial charge in [-0.05, 0) is 36.5 Å². The maximum atomic E-state index is 12.2. The quantitative estimate of drug-likeness (QED) is 0.729. The lowest BCUT2D eigenvalue weighted by Gasteiger charge is -2.22. The summed E-state index contributed by atoms with van der Waals surface area (Å²) in [5.74, 6) is 1.72. The SMILES string of the molecule is CCC(=O)N(Cc1nccn1Cc1ccc(Cl)cc1Cl)CC1CC1. The van der Waals surface area contributed by atoms with Gasteiger partial charge >= 0.3 is 0 Å². The zero-order valence-corrected chi connectivity index (χ0v) is 15.2. The third-order valence-corrected chi connectivity index (χ3v) is 4.91. The third kappa shape index (κ3) is 4.31. The second-order valence-electron chi connectivity index (χ2n) is 6.28. The molecular formula is C18H21Cl2N3O. The summed E-state index contributed by atoms with van der Waals surface area (Å²) >= 11 is 12.2. The Bertz CT molecular complexity index is 725. The smallest absolute Gasteiger partial charge is 0.222 e. The number of rotatable bonds is 7. The zero-order chi connectivity index (χ0) is 17.1. The lowest BCUT2D eigenvalue weighted by atomic mass is 10.2. The van der Waals surface area contributed by atoms with E-state index < -0.39 is 0 Å². The fourth-order valence-corrected chi connectivity index (χ4v) is 3.20. The number of halogens is 2. The van der Waals surface area contributed by atoms with Gasteiger partial charge < -0.3 is 9.47 Å². The van der Waals surface area contributed by atoms with Gasteiger partial charge in [0.05, 0.1) is 13.1 Å². The molecule has 24 heavy (non-hydrogen) atoms. The van der Waals surface area contributed by atoms with Gasteiger partial charge in [-0.15, -0.1) is 0 Å². The van der Waals surface area contributed by atoms with Crippen LogP contribution in [0.3, 0.4) is 0 Å². The van der Waals surface area contributed by atoms with Crippen molar-refractivity contribution in [3.8, 4) is 0 Å². The average Bonchev–Trinajstić information content (AvgIpc) is 3.27. The Labute approximate surface area is 152 Å². The number of nitrogens with zero attached hydrogens (tertiary/aromatic N) is 3. The maximum absolute atomic E-state index is 12.2. The van der Waals surface area contributed by atoms with E-state index in [-0.39, 0.29) is 5.91 Å². The molecule has 0 spiro atoms. The first-order valence-electron chi connectivity index (χ1n) is 8.28. The number of hydrogen-bond donors (Lipinski definition) is 0. The number of carbonyl (C=O) groups is 1. The van der Waals surface area contributed by atoms with Crippen LogP contribution in [0.1, 0.15) is 37.6 Å². The fraction of sp³-hybridized carbons (Fsp3) is 0.444. The number of benzene rings is 1. The monoisotopic (exact) mass is 365 g/mol. The van der Waals surface area contributed by atoms with Gasteiger partial charge in [-0.1, -0.05) is 36.2 Å². The lowest BCUT2D eigenvalue weighted by Crippen LogP contribution is -2.33. The predicted molar refractivity (Wildman–Crippen MR) is 96.2 cm³/mol. The molecule has 1 aliphatic carbocycles. The second-order valence-corrected chi connectivity index (χ2v) is 7.12. The Kier molecular flexibility index (Phi) is 5.47. The van der Waals surface area contributed by atoms with E-state index in [0.29, 0.717) is 35.5 Å². The van der Waals surface area contributed by atoms with E-state index >= 15 is 0 Å². The van der Waals surface area contributed by atoms with Gasteiger partial charge in [0.15, 0.2) is 0 Å². The molecule has 0 atom stereocenters. The summed E-state index contributed by atoms with van der Waals surface area (Å²) in [6.45, 7) is 3.90. The summed E-state index contributed by atoms with van der Waals surface area (Å²) in [6.07, 6.45) is 6.66.